The van der Waals surface area contributed by atoms with Crippen molar-refractivity contribution in [2.75, 3.05) is 13.1 Å². The maximum absolute atomic E-state index is 12.7. The molecule has 1 aliphatic heterocycles. The maximum Gasteiger partial charge on any atom is 0.254 e. The molecule has 22 heavy (non-hydrogen) atoms. The number of hydrogen-bond acceptors (Lipinski definition) is 4. The molecular formula is C17H20N2OS2. The summed E-state index contributed by atoms with van der Waals surface area (Å²) in [5, 5.41) is 2.06. The first-order valence-corrected chi connectivity index (χ1v) is 9.52. The number of amides is 1. The van der Waals surface area contributed by atoms with Crippen molar-refractivity contribution in [1.82, 2.24) is 9.88 Å². The van der Waals surface area contributed by atoms with Gasteiger partial charge in [0.05, 0.1) is 0 Å². The SMILES string of the molecule is Cc1csc(SCc2ccccc2C(=O)N2CCCCC2)n1. The van der Waals surface area contributed by atoms with Crippen molar-refractivity contribution in [2.24, 2.45) is 0 Å². The Kier molecular flexibility index (Phi) is 5.16. The number of aromatic nitrogens is 1. The number of benzene rings is 1. The highest BCUT2D eigenvalue weighted by molar-refractivity contribution is 8.00. The first-order chi connectivity index (χ1) is 10.7. The van der Waals surface area contributed by atoms with E-state index in [1.54, 1.807) is 23.1 Å². The maximum atomic E-state index is 12.7. The Labute approximate surface area is 139 Å². The largest absolute Gasteiger partial charge is 0.339 e. The Hall–Kier alpha value is -1.33. The summed E-state index contributed by atoms with van der Waals surface area (Å²) in [4.78, 5) is 19.2. The second kappa shape index (κ2) is 7.29. The molecule has 0 N–H and O–H groups in total. The molecule has 5 heteroatoms. The predicted molar refractivity (Wildman–Crippen MR) is 92.6 cm³/mol. The normalized spacial score (nSPS) is 15.0. The third-order valence-corrected chi connectivity index (χ3v) is 6.03. The van der Waals surface area contributed by atoms with E-state index in [1.807, 2.05) is 30.0 Å². The molecule has 3 nitrogen and oxygen atoms in total. The zero-order valence-corrected chi connectivity index (χ0v) is 14.4. The molecule has 2 aromatic rings. The van der Waals surface area contributed by atoms with Crippen LogP contribution in [0.4, 0.5) is 0 Å². The molecule has 0 bridgehead atoms. The number of thioether (sulfide) groups is 1. The number of aryl methyl sites for hydroxylation is 1. The van der Waals surface area contributed by atoms with E-state index >= 15 is 0 Å². The minimum atomic E-state index is 0.186. The highest BCUT2D eigenvalue weighted by Gasteiger charge is 2.20. The van der Waals surface area contributed by atoms with Gasteiger partial charge in [0, 0.05) is 35.5 Å². The molecule has 1 fully saturated rings. The molecule has 1 amide bonds. The minimum Gasteiger partial charge on any atom is -0.339 e. The van der Waals surface area contributed by atoms with Crippen molar-refractivity contribution >= 4 is 29.0 Å². The minimum absolute atomic E-state index is 0.186. The van der Waals surface area contributed by atoms with Gasteiger partial charge < -0.3 is 4.90 Å². The Balaban J connectivity index is 1.72. The van der Waals surface area contributed by atoms with E-state index in [0.29, 0.717) is 0 Å². The number of carbonyl (C=O) groups excluding carboxylic acids is 1. The number of rotatable bonds is 4. The quantitative estimate of drug-likeness (QED) is 0.780. The van der Waals surface area contributed by atoms with Crippen LogP contribution in [-0.2, 0) is 5.75 Å². The predicted octanol–water partition coefficient (Wildman–Crippen LogP) is 4.37. The second-order valence-corrected chi connectivity index (χ2v) is 7.63. The first kappa shape index (κ1) is 15.6. The Morgan fingerprint density at radius 3 is 2.77 bits per heavy atom. The van der Waals surface area contributed by atoms with E-state index in [4.69, 9.17) is 0 Å². The summed E-state index contributed by atoms with van der Waals surface area (Å²) in [7, 11) is 0. The summed E-state index contributed by atoms with van der Waals surface area (Å²) in [5.74, 6) is 0.981. The molecule has 3 rings (SSSR count). The van der Waals surface area contributed by atoms with E-state index in [1.165, 1.54) is 6.42 Å². The van der Waals surface area contributed by atoms with Crippen LogP contribution in [0.15, 0.2) is 34.0 Å². The average molecular weight is 332 g/mol. The number of piperidine rings is 1. The third-order valence-electron chi connectivity index (χ3n) is 3.84. The summed E-state index contributed by atoms with van der Waals surface area (Å²) in [6.07, 6.45) is 3.49. The highest BCUT2D eigenvalue weighted by Crippen LogP contribution is 2.28. The monoisotopic (exact) mass is 332 g/mol. The van der Waals surface area contributed by atoms with Crippen LogP contribution < -0.4 is 0 Å². The molecule has 1 aromatic heterocycles. The molecule has 0 unspecified atom stereocenters. The molecule has 0 aliphatic carbocycles. The van der Waals surface area contributed by atoms with Gasteiger partial charge >= 0.3 is 0 Å². The molecule has 0 atom stereocenters. The number of nitrogens with zero attached hydrogens (tertiary/aromatic N) is 2. The van der Waals surface area contributed by atoms with Gasteiger partial charge in [0.15, 0.2) is 0 Å². The van der Waals surface area contributed by atoms with Crippen molar-refractivity contribution < 1.29 is 4.79 Å². The van der Waals surface area contributed by atoms with Crippen molar-refractivity contribution in [3.63, 3.8) is 0 Å². The van der Waals surface area contributed by atoms with Gasteiger partial charge in [-0.2, -0.15) is 0 Å². The summed E-state index contributed by atoms with van der Waals surface area (Å²) in [6, 6.07) is 7.99. The highest BCUT2D eigenvalue weighted by atomic mass is 32.2. The fourth-order valence-corrected chi connectivity index (χ4v) is 4.51. The molecule has 0 spiro atoms. The fraction of sp³-hybridized carbons (Fsp3) is 0.412. The Morgan fingerprint density at radius 1 is 1.27 bits per heavy atom. The molecule has 0 radical (unpaired) electrons. The van der Waals surface area contributed by atoms with Crippen molar-refractivity contribution in [2.45, 2.75) is 36.3 Å². The number of carbonyl (C=O) groups is 1. The van der Waals surface area contributed by atoms with Crippen LogP contribution in [-0.4, -0.2) is 28.9 Å². The standard InChI is InChI=1S/C17H20N2OS2/c1-13-11-21-17(18-13)22-12-14-7-3-4-8-15(14)16(20)19-9-5-2-6-10-19/h3-4,7-8,11H,2,5-6,9-10,12H2,1H3. The van der Waals surface area contributed by atoms with Gasteiger partial charge in [-0.05, 0) is 37.8 Å². The topological polar surface area (TPSA) is 33.2 Å². The van der Waals surface area contributed by atoms with Crippen LogP contribution in [0.25, 0.3) is 0 Å². The second-order valence-electron chi connectivity index (χ2n) is 5.55. The van der Waals surface area contributed by atoms with E-state index < -0.39 is 0 Å². The molecule has 2 heterocycles. The Bertz CT molecular complexity index is 648. The number of likely N-dealkylation sites (tertiary alicyclic amines) is 1. The van der Waals surface area contributed by atoms with Crippen LogP contribution in [0.2, 0.25) is 0 Å². The van der Waals surface area contributed by atoms with Gasteiger partial charge in [-0.3, -0.25) is 4.79 Å². The lowest BCUT2D eigenvalue weighted by atomic mass is 10.1. The van der Waals surface area contributed by atoms with E-state index in [2.05, 4.69) is 16.4 Å². The van der Waals surface area contributed by atoms with E-state index in [-0.39, 0.29) is 5.91 Å². The van der Waals surface area contributed by atoms with E-state index in [0.717, 1.165) is 52.8 Å². The van der Waals surface area contributed by atoms with Crippen LogP contribution in [0.5, 0.6) is 0 Å². The van der Waals surface area contributed by atoms with Gasteiger partial charge in [-0.1, -0.05) is 30.0 Å². The van der Waals surface area contributed by atoms with Crippen LogP contribution in [0.1, 0.15) is 40.9 Å². The van der Waals surface area contributed by atoms with Crippen LogP contribution >= 0.6 is 23.1 Å². The van der Waals surface area contributed by atoms with Gasteiger partial charge in [0.25, 0.3) is 5.91 Å². The van der Waals surface area contributed by atoms with Crippen molar-refractivity contribution in [1.29, 1.82) is 0 Å². The van der Waals surface area contributed by atoms with Crippen LogP contribution in [0.3, 0.4) is 0 Å². The summed E-state index contributed by atoms with van der Waals surface area (Å²) >= 11 is 3.38. The fourth-order valence-electron chi connectivity index (χ4n) is 2.66. The number of hydrogen-bond donors (Lipinski definition) is 0. The molecule has 116 valence electrons. The van der Waals surface area contributed by atoms with Gasteiger partial charge in [-0.25, -0.2) is 4.98 Å². The molecule has 1 aromatic carbocycles. The average Bonchev–Trinajstić information content (AvgIpc) is 2.99. The zero-order chi connectivity index (χ0) is 15.4. The van der Waals surface area contributed by atoms with Gasteiger partial charge in [0.1, 0.15) is 4.34 Å². The third kappa shape index (κ3) is 3.70. The van der Waals surface area contributed by atoms with Gasteiger partial charge in [-0.15, -0.1) is 11.3 Å². The smallest absolute Gasteiger partial charge is 0.254 e. The summed E-state index contributed by atoms with van der Waals surface area (Å²) < 4.78 is 1.07. The summed E-state index contributed by atoms with van der Waals surface area (Å²) in [6.45, 7) is 3.80. The molecule has 0 saturated carbocycles. The molecular weight excluding hydrogens is 312 g/mol. The van der Waals surface area contributed by atoms with E-state index in [9.17, 15) is 4.79 Å². The summed E-state index contributed by atoms with van der Waals surface area (Å²) in [5.41, 5.74) is 3.02. The van der Waals surface area contributed by atoms with Crippen LogP contribution in [0, 0.1) is 6.92 Å². The van der Waals surface area contributed by atoms with Crippen molar-refractivity contribution in [3.8, 4) is 0 Å². The zero-order valence-electron chi connectivity index (χ0n) is 12.7. The lowest BCUT2D eigenvalue weighted by Gasteiger charge is -2.27. The lowest BCUT2D eigenvalue weighted by Crippen LogP contribution is -2.36. The number of thiazole rings is 1. The lowest BCUT2D eigenvalue weighted by molar-refractivity contribution is 0.0723. The molecule has 1 aliphatic rings. The molecule has 1 saturated heterocycles. The van der Waals surface area contributed by atoms with Gasteiger partial charge in [0.2, 0.25) is 0 Å². The Morgan fingerprint density at radius 2 is 2.05 bits per heavy atom. The van der Waals surface area contributed by atoms with Crippen molar-refractivity contribution in [3.05, 3.63) is 46.5 Å². The first-order valence-electron chi connectivity index (χ1n) is 7.66.